The van der Waals surface area contributed by atoms with Crippen LogP contribution in [0, 0.1) is 0 Å². The summed E-state index contributed by atoms with van der Waals surface area (Å²) in [5.41, 5.74) is 0.791. The number of aromatic nitrogens is 5. The molecule has 0 saturated carbocycles. The van der Waals surface area contributed by atoms with E-state index in [9.17, 15) is 13.6 Å². The molecule has 0 aliphatic rings. The monoisotopic (exact) mass is 335 g/mol. The van der Waals surface area contributed by atoms with Gasteiger partial charge in [0.25, 0.3) is 12.0 Å². The summed E-state index contributed by atoms with van der Waals surface area (Å²) in [6, 6.07) is 1.75. The van der Waals surface area contributed by atoms with E-state index in [4.69, 9.17) is 0 Å². The first-order valence-corrected chi connectivity index (χ1v) is 7.56. The molecule has 3 heterocycles. The van der Waals surface area contributed by atoms with Gasteiger partial charge in [0.15, 0.2) is 0 Å². The molecule has 0 saturated heterocycles. The predicted molar refractivity (Wildman–Crippen MR) is 85.4 cm³/mol. The average molecular weight is 335 g/mol. The van der Waals surface area contributed by atoms with Crippen LogP contribution in [0.1, 0.15) is 44.1 Å². The lowest BCUT2D eigenvalue weighted by Crippen LogP contribution is -2.22. The highest BCUT2D eigenvalue weighted by Crippen LogP contribution is 2.22. The van der Waals surface area contributed by atoms with E-state index in [1.54, 1.807) is 25.5 Å². The van der Waals surface area contributed by atoms with Crippen molar-refractivity contribution in [3.63, 3.8) is 0 Å². The highest BCUT2D eigenvalue weighted by molar-refractivity contribution is 5.46. The largest absolute Gasteiger partial charge is 0.308 e. The van der Waals surface area contributed by atoms with Crippen LogP contribution in [0.25, 0.3) is 5.52 Å². The van der Waals surface area contributed by atoms with Crippen molar-refractivity contribution in [1.82, 2.24) is 24.0 Å². The molecule has 3 rings (SSSR count). The Balaban J connectivity index is 2.05. The molecule has 24 heavy (non-hydrogen) atoms. The fourth-order valence-electron chi connectivity index (χ4n) is 2.56. The van der Waals surface area contributed by atoms with Crippen molar-refractivity contribution in [2.24, 2.45) is 7.05 Å². The molecular weight excluding hydrogens is 316 g/mol. The van der Waals surface area contributed by atoms with E-state index in [-0.39, 0.29) is 23.2 Å². The quantitative estimate of drug-likeness (QED) is 0.739. The number of aryl methyl sites for hydroxylation is 1. The molecule has 8 heteroatoms. The van der Waals surface area contributed by atoms with Crippen LogP contribution in [0.3, 0.4) is 0 Å². The van der Waals surface area contributed by atoms with Gasteiger partial charge in [0.2, 0.25) is 0 Å². The molecule has 0 radical (unpaired) electrons. The van der Waals surface area contributed by atoms with Crippen LogP contribution in [-0.2, 0) is 19.0 Å². The van der Waals surface area contributed by atoms with Crippen molar-refractivity contribution in [1.29, 1.82) is 0 Å². The smallest absolute Gasteiger partial charge is 0.282 e. The third-order valence-electron chi connectivity index (χ3n) is 3.86. The van der Waals surface area contributed by atoms with Gasteiger partial charge in [-0.1, -0.05) is 20.8 Å². The Morgan fingerprint density at radius 3 is 2.54 bits per heavy atom. The molecule has 128 valence electrons. The Hall–Kier alpha value is -2.51. The van der Waals surface area contributed by atoms with Crippen LogP contribution in [-0.4, -0.2) is 24.0 Å². The van der Waals surface area contributed by atoms with E-state index < -0.39 is 6.43 Å². The van der Waals surface area contributed by atoms with Crippen LogP contribution in [0.5, 0.6) is 0 Å². The fraction of sp³-hybridized carbons (Fsp3) is 0.438. The summed E-state index contributed by atoms with van der Waals surface area (Å²) in [5, 5.41) is 8.18. The Morgan fingerprint density at radius 2 is 1.92 bits per heavy atom. The second kappa shape index (κ2) is 5.54. The number of alkyl halides is 2. The van der Waals surface area contributed by atoms with Gasteiger partial charge in [-0.15, -0.1) is 0 Å². The maximum absolute atomic E-state index is 13.1. The normalized spacial score (nSPS) is 12.5. The maximum atomic E-state index is 13.1. The van der Waals surface area contributed by atoms with E-state index in [1.807, 2.05) is 20.8 Å². The van der Waals surface area contributed by atoms with Crippen molar-refractivity contribution < 1.29 is 8.78 Å². The van der Waals surface area contributed by atoms with Gasteiger partial charge >= 0.3 is 0 Å². The van der Waals surface area contributed by atoms with Crippen LogP contribution < -0.4 is 5.56 Å². The highest BCUT2D eigenvalue weighted by atomic mass is 19.3. The van der Waals surface area contributed by atoms with Crippen LogP contribution >= 0.6 is 0 Å². The van der Waals surface area contributed by atoms with Gasteiger partial charge in [-0.3, -0.25) is 9.48 Å². The van der Waals surface area contributed by atoms with Crippen LogP contribution in [0.15, 0.2) is 29.5 Å². The molecule has 0 N–H and O–H groups in total. The van der Waals surface area contributed by atoms with Crippen LogP contribution in [0.4, 0.5) is 8.78 Å². The molecule has 0 spiro atoms. The molecule has 0 atom stereocenters. The summed E-state index contributed by atoms with van der Waals surface area (Å²) in [6.07, 6.45) is 2.04. The molecule has 6 nitrogen and oxygen atoms in total. The summed E-state index contributed by atoms with van der Waals surface area (Å²) >= 11 is 0. The molecule has 0 aliphatic carbocycles. The van der Waals surface area contributed by atoms with E-state index in [0.717, 1.165) is 5.69 Å². The molecular formula is C16H19F2N5O. The van der Waals surface area contributed by atoms with Crippen molar-refractivity contribution in [2.45, 2.75) is 39.2 Å². The van der Waals surface area contributed by atoms with Gasteiger partial charge in [-0.05, 0) is 6.07 Å². The zero-order valence-electron chi connectivity index (χ0n) is 14.0. The Morgan fingerprint density at radius 1 is 1.21 bits per heavy atom. The van der Waals surface area contributed by atoms with Gasteiger partial charge in [0, 0.05) is 36.6 Å². The maximum Gasteiger partial charge on any atom is 0.282 e. The number of fused-ring (bicyclic) bond motifs is 1. The zero-order chi connectivity index (χ0) is 17.6. The zero-order valence-corrected chi connectivity index (χ0v) is 14.0. The summed E-state index contributed by atoms with van der Waals surface area (Å²) in [6.45, 7) is 6.08. The summed E-state index contributed by atoms with van der Waals surface area (Å²) in [4.78, 5) is 12.6. The number of nitrogens with zero attached hydrogens (tertiary/aromatic N) is 5. The minimum Gasteiger partial charge on any atom is -0.308 e. The molecule has 0 bridgehead atoms. The molecule has 3 aromatic heterocycles. The van der Waals surface area contributed by atoms with Crippen LogP contribution in [0.2, 0.25) is 0 Å². The first-order chi connectivity index (χ1) is 11.2. The number of hydrogen-bond acceptors (Lipinski definition) is 3. The Labute approximate surface area is 137 Å². The van der Waals surface area contributed by atoms with E-state index in [0.29, 0.717) is 11.1 Å². The topological polar surface area (TPSA) is 57.1 Å². The van der Waals surface area contributed by atoms with Crippen molar-refractivity contribution in [2.75, 3.05) is 0 Å². The standard InChI is InChI=1S/C16H19F2N5O/c1-16(2,3)12-7-11-15(24)22(5-6-23(11)19-12)9-10-8-21(4)20-13(10)14(17)18/h5-8,14H,9H2,1-4H3. The molecule has 0 unspecified atom stereocenters. The van der Waals surface area contributed by atoms with Gasteiger partial charge in [0.1, 0.15) is 11.2 Å². The average Bonchev–Trinajstić information content (AvgIpc) is 3.05. The lowest BCUT2D eigenvalue weighted by atomic mass is 9.92. The first-order valence-electron chi connectivity index (χ1n) is 7.56. The third-order valence-corrected chi connectivity index (χ3v) is 3.86. The van der Waals surface area contributed by atoms with Crippen molar-refractivity contribution >= 4 is 5.52 Å². The number of hydrogen-bond donors (Lipinski definition) is 0. The third kappa shape index (κ3) is 2.83. The van der Waals surface area contributed by atoms with Gasteiger partial charge in [-0.25, -0.2) is 13.3 Å². The van der Waals surface area contributed by atoms with Gasteiger partial charge < -0.3 is 4.57 Å². The van der Waals surface area contributed by atoms with Gasteiger partial charge in [-0.2, -0.15) is 10.2 Å². The molecule has 0 fully saturated rings. The Kier molecular flexibility index (Phi) is 3.77. The second-order valence-corrected chi connectivity index (χ2v) is 6.85. The summed E-state index contributed by atoms with van der Waals surface area (Å²) in [7, 11) is 1.58. The SMILES string of the molecule is Cn1cc(Cn2ccn3nc(C(C)(C)C)cc3c2=O)c(C(F)F)n1. The lowest BCUT2D eigenvalue weighted by molar-refractivity contribution is 0.144. The number of rotatable bonds is 3. The predicted octanol–water partition coefficient (Wildman–Crippen LogP) is 2.51. The van der Waals surface area contributed by atoms with Gasteiger partial charge in [0.05, 0.1) is 12.2 Å². The number of halogens is 2. The van der Waals surface area contributed by atoms with Crippen molar-refractivity contribution in [3.8, 4) is 0 Å². The summed E-state index contributed by atoms with van der Waals surface area (Å²) < 4.78 is 30.4. The molecule has 3 aromatic rings. The molecule has 0 aromatic carbocycles. The minimum absolute atomic E-state index is 0.0406. The second-order valence-electron chi connectivity index (χ2n) is 6.85. The molecule has 0 amide bonds. The first kappa shape index (κ1) is 16.4. The minimum atomic E-state index is -2.68. The highest BCUT2D eigenvalue weighted by Gasteiger charge is 2.21. The summed E-state index contributed by atoms with van der Waals surface area (Å²) in [5.74, 6) is 0. The lowest BCUT2D eigenvalue weighted by Gasteiger charge is -2.13. The van der Waals surface area contributed by atoms with E-state index >= 15 is 0 Å². The van der Waals surface area contributed by atoms with E-state index in [2.05, 4.69) is 10.2 Å². The van der Waals surface area contributed by atoms with E-state index in [1.165, 1.54) is 20.0 Å². The fourth-order valence-corrected chi connectivity index (χ4v) is 2.56. The molecule has 0 aliphatic heterocycles. The Bertz CT molecular complexity index is 946. The van der Waals surface area contributed by atoms with Crippen molar-refractivity contribution in [3.05, 3.63) is 52.0 Å².